The van der Waals surface area contributed by atoms with Crippen molar-refractivity contribution in [2.24, 2.45) is 0 Å². The number of nitrogens with zero attached hydrogens (tertiary/aromatic N) is 4. The van der Waals surface area contributed by atoms with Crippen molar-refractivity contribution < 1.29 is 23.5 Å². The minimum atomic E-state index is -2.73. The van der Waals surface area contributed by atoms with E-state index in [2.05, 4.69) is 10.3 Å². The normalized spacial score (nSPS) is 18.8. The molecule has 3 N–H and O–H groups in total. The first-order valence-electron chi connectivity index (χ1n) is 13.2. The maximum atomic E-state index is 13.5. The molecule has 10 nitrogen and oxygen atoms in total. The summed E-state index contributed by atoms with van der Waals surface area (Å²) in [5, 5.41) is 17.8. The van der Waals surface area contributed by atoms with Gasteiger partial charge in [-0.3, -0.25) is 14.3 Å². The molecule has 3 aromatic rings. The summed E-state index contributed by atoms with van der Waals surface area (Å²) < 4.78 is 28.9. The third kappa shape index (κ3) is 4.95. The molecule has 39 heavy (non-hydrogen) atoms. The van der Waals surface area contributed by atoms with E-state index in [0.717, 1.165) is 0 Å². The van der Waals surface area contributed by atoms with Gasteiger partial charge in [0.15, 0.2) is 5.82 Å². The van der Waals surface area contributed by atoms with E-state index in [0.29, 0.717) is 65.9 Å². The van der Waals surface area contributed by atoms with Gasteiger partial charge in [0.25, 0.3) is 17.4 Å². The zero-order valence-electron chi connectivity index (χ0n) is 22.0. The minimum absolute atomic E-state index is 0.0148. The van der Waals surface area contributed by atoms with Crippen LogP contribution in [0.2, 0.25) is 0 Å². The second-order valence-corrected chi connectivity index (χ2v) is 10.5. The average Bonchev–Trinajstić information content (AvgIpc) is 3.28. The Kier molecular flexibility index (Phi) is 6.81. The molecule has 2 aliphatic rings. The lowest BCUT2D eigenvalue weighted by molar-refractivity contribution is -0.0494. The Morgan fingerprint density at radius 1 is 1.08 bits per heavy atom. The molecule has 5 rings (SSSR count). The molecular weight excluding hydrogens is 510 g/mol. The average molecular weight is 543 g/mol. The molecular formula is C27H32F2N6O4. The van der Waals surface area contributed by atoms with Crippen LogP contribution in [0.3, 0.4) is 0 Å². The number of aryl methyl sites for hydroxylation is 1. The van der Waals surface area contributed by atoms with Gasteiger partial charge >= 0.3 is 6.09 Å². The number of hydrogen-bond acceptors (Lipinski definition) is 5. The second kappa shape index (κ2) is 9.97. The van der Waals surface area contributed by atoms with Crippen molar-refractivity contribution in [1.82, 2.24) is 24.6 Å². The SMILES string of the molecule is CCC1(n2nc(Nc3ccc(C(=O)N4CCC(F)(F)CC4)c(C)c3)c3c(=O)[nH]ccc32)CCN(C(=O)O)CC1. The Morgan fingerprint density at radius 3 is 2.36 bits per heavy atom. The maximum Gasteiger partial charge on any atom is 0.407 e. The number of rotatable bonds is 5. The number of hydrogen-bond donors (Lipinski definition) is 3. The van der Waals surface area contributed by atoms with Crippen molar-refractivity contribution in [3.63, 3.8) is 0 Å². The molecule has 2 aliphatic heterocycles. The molecule has 4 heterocycles. The monoisotopic (exact) mass is 542 g/mol. The van der Waals surface area contributed by atoms with Gasteiger partial charge in [0.1, 0.15) is 5.39 Å². The molecule has 2 amide bonds. The van der Waals surface area contributed by atoms with Gasteiger partial charge in [-0.2, -0.15) is 5.10 Å². The Morgan fingerprint density at radius 2 is 1.74 bits per heavy atom. The van der Waals surface area contributed by atoms with Gasteiger partial charge in [-0.1, -0.05) is 6.92 Å². The fourth-order valence-corrected chi connectivity index (χ4v) is 5.68. The zero-order valence-corrected chi connectivity index (χ0v) is 22.0. The number of aromatic nitrogens is 3. The van der Waals surface area contributed by atoms with Crippen LogP contribution in [0, 0.1) is 6.92 Å². The van der Waals surface area contributed by atoms with Gasteiger partial charge in [-0.05, 0) is 56.0 Å². The number of aromatic amines is 1. The van der Waals surface area contributed by atoms with E-state index in [9.17, 15) is 28.3 Å². The lowest BCUT2D eigenvalue weighted by Gasteiger charge is -2.41. The number of alkyl halides is 2. The summed E-state index contributed by atoms with van der Waals surface area (Å²) in [4.78, 5) is 42.9. The van der Waals surface area contributed by atoms with Crippen LogP contribution in [-0.4, -0.2) is 73.8 Å². The molecule has 0 atom stereocenters. The first-order chi connectivity index (χ1) is 18.5. The Bertz CT molecular complexity index is 1460. The fourth-order valence-electron chi connectivity index (χ4n) is 5.68. The molecule has 2 aromatic heterocycles. The maximum absolute atomic E-state index is 13.5. The van der Waals surface area contributed by atoms with E-state index in [1.807, 2.05) is 11.6 Å². The van der Waals surface area contributed by atoms with Crippen LogP contribution in [0.1, 0.15) is 54.9 Å². The Labute approximate surface area is 223 Å². The van der Waals surface area contributed by atoms with Gasteiger partial charge in [0.05, 0.1) is 11.1 Å². The fraction of sp³-hybridized carbons (Fsp3) is 0.481. The highest BCUT2D eigenvalue weighted by atomic mass is 19.3. The van der Waals surface area contributed by atoms with Crippen molar-refractivity contribution in [1.29, 1.82) is 0 Å². The van der Waals surface area contributed by atoms with Crippen LogP contribution in [-0.2, 0) is 5.54 Å². The van der Waals surface area contributed by atoms with Gasteiger partial charge in [-0.25, -0.2) is 13.6 Å². The largest absolute Gasteiger partial charge is 0.465 e. The molecule has 208 valence electrons. The predicted octanol–water partition coefficient (Wildman–Crippen LogP) is 4.53. The number of amides is 2. The van der Waals surface area contributed by atoms with Crippen LogP contribution in [0.15, 0.2) is 35.3 Å². The number of pyridine rings is 1. The lowest BCUT2D eigenvalue weighted by Crippen LogP contribution is -2.47. The quantitative estimate of drug-likeness (QED) is 0.435. The number of carboxylic acid groups (broad SMARTS) is 1. The molecule has 0 aliphatic carbocycles. The number of carbonyl (C=O) groups excluding carboxylic acids is 1. The number of fused-ring (bicyclic) bond motifs is 1. The highest BCUT2D eigenvalue weighted by Gasteiger charge is 2.39. The van der Waals surface area contributed by atoms with Gasteiger partial charge in [0, 0.05) is 56.5 Å². The zero-order chi connectivity index (χ0) is 27.9. The number of H-pyrrole nitrogens is 1. The van der Waals surface area contributed by atoms with Gasteiger partial charge < -0.3 is 25.2 Å². The van der Waals surface area contributed by atoms with Crippen LogP contribution in [0.25, 0.3) is 10.9 Å². The molecule has 0 bridgehead atoms. The first kappa shape index (κ1) is 26.6. The number of carbonyl (C=O) groups is 2. The molecule has 12 heteroatoms. The summed E-state index contributed by atoms with van der Waals surface area (Å²) in [7, 11) is 0. The van der Waals surface area contributed by atoms with Crippen molar-refractivity contribution in [2.75, 3.05) is 31.5 Å². The summed E-state index contributed by atoms with van der Waals surface area (Å²) in [6.07, 6.45) is 1.80. The van der Waals surface area contributed by atoms with E-state index >= 15 is 0 Å². The lowest BCUT2D eigenvalue weighted by atomic mass is 9.85. The molecule has 2 fully saturated rings. The summed E-state index contributed by atoms with van der Waals surface area (Å²) >= 11 is 0. The van der Waals surface area contributed by atoms with Crippen molar-refractivity contribution in [3.8, 4) is 0 Å². The van der Waals surface area contributed by atoms with E-state index in [1.165, 1.54) is 9.80 Å². The minimum Gasteiger partial charge on any atom is -0.465 e. The Hall–Kier alpha value is -3.96. The molecule has 0 radical (unpaired) electrons. The molecule has 2 saturated heterocycles. The van der Waals surface area contributed by atoms with E-state index < -0.39 is 17.6 Å². The smallest absolute Gasteiger partial charge is 0.407 e. The standard InChI is InChI=1S/C27H32F2N6O4/c1-3-26(7-12-34(13-8-26)25(38)39)35-20-6-11-30-23(36)21(20)22(32-35)31-18-4-5-19(17(2)16-18)24(37)33-14-9-27(28,29)10-15-33/h4-6,11,16H,3,7-10,12-15H2,1-2H3,(H,30,36)(H,31,32)(H,38,39). The van der Waals surface area contributed by atoms with E-state index in [-0.39, 0.29) is 37.4 Å². The summed E-state index contributed by atoms with van der Waals surface area (Å²) in [6, 6.07) is 6.94. The number of likely N-dealkylation sites (tertiary alicyclic amines) is 2. The summed E-state index contributed by atoms with van der Waals surface area (Å²) in [5.41, 5.74) is 1.63. The number of nitrogens with one attached hydrogen (secondary N) is 2. The van der Waals surface area contributed by atoms with Crippen molar-refractivity contribution in [2.45, 2.75) is 57.4 Å². The van der Waals surface area contributed by atoms with E-state index in [1.54, 1.807) is 37.4 Å². The number of anilines is 2. The van der Waals surface area contributed by atoms with Gasteiger partial charge in [-0.15, -0.1) is 0 Å². The molecule has 0 saturated carbocycles. The number of halogens is 2. The van der Waals surface area contributed by atoms with E-state index in [4.69, 9.17) is 5.10 Å². The van der Waals surface area contributed by atoms with Crippen molar-refractivity contribution >= 4 is 34.4 Å². The number of piperidine rings is 2. The molecule has 0 spiro atoms. The number of benzene rings is 1. The highest BCUT2D eigenvalue weighted by Crippen LogP contribution is 2.37. The third-order valence-corrected chi connectivity index (χ3v) is 8.18. The van der Waals surface area contributed by atoms with Crippen molar-refractivity contribution in [3.05, 3.63) is 51.9 Å². The highest BCUT2D eigenvalue weighted by molar-refractivity contribution is 5.97. The topological polar surface area (TPSA) is 124 Å². The molecule has 0 unspecified atom stereocenters. The predicted molar refractivity (Wildman–Crippen MR) is 142 cm³/mol. The molecule has 1 aromatic carbocycles. The Balaban J connectivity index is 1.44. The van der Waals surface area contributed by atoms with Crippen LogP contribution in [0.4, 0.5) is 25.1 Å². The van der Waals surface area contributed by atoms with Crippen LogP contribution < -0.4 is 10.9 Å². The third-order valence-electron chi connectivity index (χ3n) is 8.18. The van der Waals surface area contributed by atoms with Crippen LogP contribution in [0.5, 0.6) is 0 Å². The first-order valence-corrected chi connectivity index (χ1v) is 13.2. The van der Waals surface area contributed by atoms with Crippen LogP contribution >= 0.6 is 0 Å². The summed E-state index contributed by atoms with van der Waals surface area (Å²) in [5.74, 6) is -2.65. The summed E-state index contributed by atoms with van der Waals surface area (Å²) in [6.45, 7) is 4.59. The van der Waals surface area contributed by atoms with Gasteiger partial charge in [0.2, 0.25) is 0 Å². The second-order valence-electron chi connectivity index (χ2n) is 10.5.